The summed E-state index contributed by atoms with van der Waals surface area (Å²) in [5.41, 5.74) is 0. The van der Waals surface area contributed by atoms with E-state index in [0.29, 0.717) is 4.75 Å². The summed E-state index contributed by atoms with van der Waals surface area (Å²) in [5, 5.41) is 3.48. The minimum Gasteiger partial charge on any atom is -0.315 e. The minimum absolute atomic E-state index is 0.373. The molecule has 1 N–H and O–H groups in total. The third-order valence-corrected chi connectivity index (χ3v) is 3.31. The molecule has 80 valence electrons. The van der Waals surface area contributed by atoms with Crippen molar-refractivity contribution < 1.29 is 0 Å². The lowest BCUT2D eigenvalue weighted by Crippen LogP contribution is -2.33. The Balaban J connectivity index is 3.26. The van der Waals surface area contributed by atoms with Crippen molar-refractivity contribution in [3.63, 3.8) is 0 Å². The van der Waals surface area contributed by atoms with Crippen molar-refractivity contribution >= 4 is 11.8 Å². The molecule has 0 atom stereocenters. The topological polar surface area (TPSA) is 15.3 Å². The minimum atomic E-state index is 0.373. The van der Waals surface area contributed by atoms with E-state index >= 15 is 0 Å². The fourth-order valence-electron chi connectivity index (χ4n) is 0.982. The summed E-state index contributed by atoms with van der Waals surface area (Å²) in [4.78, 5) is 2.22. The van der Waals surface area contributed by atoms with Crippen LogP contribution >= 0.6 is 11.8 Å². The van der Waals surface area contributed by atoms with Crippen molar-refractivity contribution in [3.8, 4) is 0 Å². The zero-order chi connectivity index (χ0) is 10.3. The van der Waals surface area contributed by atoms with E-state index in [1.165, 1.54) is 13.0 Å². The molecule has 0 fully saturated rings. The first-order valence-corrected chi connectivity index (χ1v) is 6.11. The third kappa shape index (κ3) is 8.60. The molecule has 0 spiro atoms. The van der Waals surface area contributed by atoms with Crippen LogP contribution in [0.5, 0.6) is 0 Å². The van der Waals surface area contributed by atoms with Crippen LogP contribution < -0.4 is 5.32 Å². The molecule has 0 bridgehead atoms. The maximum Gasteiger partial charge on any atom is 0.0225 e. The van der Waals surface area contributed by atoms with E-state index in [0.717, 1.165) is 13.1 Å². The summed E-state index contributed by atoms with van der Waals surface area (Å²) in [6.07, 6.45) is 3.40. The van der Waals surface area contributed by atoms with E-state index < -0.39 is 0 Å². The zero-order valence-electron chi connectivity index (χ0n) is 9.68. The number of nitrogens with one attached hydrogen (secondary N) is 1. The van der Waals surface area contributed by atoms with Gasteiger partial charge in [-0.05, 0) is 53.7 Å². The lowest BCUT2D eigenvalue weighted by Gasteiger charge is -2.22. The SMILES string of the molecule is CSC(C)(C)CNCCCN(C)C. The summed E-state index contributed by atoms with van der Waals surface area (Å²) >= 11 is 1.92. The molecule has 0 amide bonds. The summed E-state index contributed by atoms with van der Waals surface area (Å²) in [7, 11) is 4.23. The van der Waals surface area contributed by atoms with Crippen molar-refractivity contribution in [2.75, 3.05) is 40.0 Å². The predicted octanol–water partition coefficient (Wildman–Crippen LogP) is 1.67. The molecule has 0 aromatic carbocycles. The normalized spacial score (nSPS) is 12.5. The van der Waals surface area contributed by atoms with Gasteiger partial charge in [-0.3, -0.25) is 0 Å². The predicted molar refractivity (Wildman–Crippen MR) is 63.6 cm³/mol. The van der Waals surface area contributed by atoms with Crippen molar-refractivity contribution in [3.05, 3.63) is 0 Å². The van der Waals surface area contributed by atoms with E-state index in [-0.39, 0.29) is 0 Å². The van der Waals surface area contributed by atoms with E-state index in [4.69, 9.17) is 0 Å². The van der Waals surface area contributed by atoms with Crippen molar-refractivity contribution in [1.82, 2.24) is 10.2 Å². The van der Waals surface area contributed by atoms with Gasteiger partial charge < -0.3 is 10.2 Å². The van der Waals surface area contributed by atoms with Gasteiger partial charge in [0, 0.05) is 11.3 Å². The van der Waals surface area contributed by atoms with Crippen LogP contribution in [0.25, 0.3) is 0 Å². The van der Waals surface area contributed by atoms with Crippen LogP contribution in [0.1, 0.15) is 20.3 Å². The maximum atomic E-state index is 3.48. The molecular formula is C10H24N2S. The van der Waals surface area contributed by atoms with Gasteiger partial charge in [-0.1, -0.05) is 0 Å². The fourth-order valence-corrected chi connectivity index (χ4v) is 1.23. The second-order valence-corrected chi connectivity index (χ2v) is 5.81. The van der Waals surface area contributed by atoms with Gasteiger partial charge in [0.05, 0.1) is 0 Å². The summed E-state index contributed by atoms with van der Waals surface area (Å²) in [6, 6.07) is 0. The Labute approximate surface area is 87.5 Å². The number of nitrogens with zero attached hydrogens (tertiary/aromatic N) is 1. The highest BCUT2D eigenvalue weighted by Crippen LogP contribution is 2.19. The number of thioether (sulfide) groups is 1. The Kier molecular flexibility index (Phi) is 6.82. The fraction of sp³-hybridized carbons (Fsp3) is 1.00. The second kappa shape index (κ2) is 6.68. The highest BCUT2D eigenvalue weighted by atomic mass is 32.2. The molecule has 0 saturated carbocycles. The Morgan fingerprint density at radius 1 is 1.31 bits per heavy atom. The first-order valence-electron chi connectivity index (χ1n) is 4.88. The first-order chi connectivity index (χ1) is 5.98. The van der Waals surface area contributed by atoms with Gasteiger partial charge in [-0.2, -0.15) is 11.8 Å². The van der Waals surface area contributed by atoms with E-state index in [9.17, 15) is 0 Å². The molecule has 0 saturated heterocycles. The highest BCUT2D eigenvalue weighted by Gasteiger charge is 2.14. The Hall–Kier alpha value is 0.270. The van der Waals surface area contributed by atoms with Crippen LogP contribution in [-0.4, -0.2) is 49.6 Å². The van der Waals surface area contributed by atoms with Crippen LogP contribution in [0.15, 0.2) is 0 Å². The molecule has 3 heteroatoms. The number of hydrogen-bond donors (Lipinski definition) is 1. The average Bonchev–Trinajstić information content (AvgIpc) is 2.03. The Bertz CT molecular complexity index is 124. The molecule has 0 aromatic rings. The molecule has 0 rings (SSSR count). The molecule has 2 nitrogen and oxygen atoms in total. The number of rotatable bonds is 7. The molecule has 0 aliphatic carbocycles. The molecule has 13 heavy (non-hydrogen) atoms. The maximum absolute atomic E-state index is 3.48. The molecular weight excluding hydrogens is 180 g/mol. The highest BCUT2D eigenvalue weighted by molar-refractivity contribution is 7.99. The van der Waals surface area contributed by atoms with Crippen LogP contribution in [0, 0.1) is 0 Å². The van der Waals surface area contributed by atoms with Gasteiger partial charge in [0.1, 0.15) is 0 Å². The first kappa shape index (κ1) is 13.3. The van der Waals surface area contributed by atoms with Crippen molar-refractivity contribution in [2.24, 2.45) is 0 Å². The Morgan fingerprint density at radius 3 is 2.38 bits per heavy atom. The Morgan fingerprint density at radius 2 is 1.92 bits per heavy atom. The van der Waals surface area contributed by atoms with Gasteiger partial charge in [-0.15, -0.1) is 0 Å². The lowest BCUT2D eigenvalue weighted by molar-refractivity contribution is 0.393. The molecule has 0 aromatic heterocycles. The van der Waals surface area contributed by atoms with E-state index in [1.54, 1.807) is 0 Å². The van der Waals surface area contributed by atoms with Gasteiger partial charge in [0.15, 0.2) is 0 Å². The van der Waals surface area contributed by atoms with Gasteiger partial charge in [0.2, 0.25) is 0 Å². The number of hydrogen-bond acceptors (Lipinski definition) is 3. The monoisotopic (exact) mass is 204 g/mol. The second-order valence-electron chi connectivity index (χ2n) is 4.30. The smallest absolute Gasteiger partial charge is 0.0225 e. The average molecular weight is 204 g/mol. The summed E-state index contributed by atoms with van der Waals surface area (Å²) in [5.74, 6) is 0. The van der Waals surface area contributed by atoms with Gasteiger partial charge in [0.25, 0.3) is 0 Å². The molecule has 0 aliphatic heterocycles. The zero-order valence-corrected chi connectivity index (χ0v) is 10.5. The largest absolute Gasteiger partial charge is 0.315 e. The van der Waals surface area contributed by atoms with Gasteiger partial charge in [-0.25, -0.2) is 0 Å². The van der Waals surface area contributed by atoms with Crippen LogP contribution in [0.2, 0.25) is 0 Å². The standard InChI is InChI=1S/C10H24N2S/c1-10(2,13-5)9-11-7-6-8-12(3)4/h11H,6-9H2,1-5H3. The van der Waals surface area contributed by atoms with E-state index in [2.05, 4.69) is 44.4 Å². The van der Waals surface area contributed by atoms with Crippen molar-refractivity contribution in [1.29, 1.82) is 0 Å². The van der Waals surface area contributed by atoms with Crippen molar-refractivity contribution in [2.45, 2.75) is 25.0 Å². The third-order valence-electron chi connectivity index (χ3n) is 2.06. The van der Waals surface area contributed by atoms with Gasteiger partial charge >= 0.3 is 0 Å². The molecule has 0 aliphatic rings. The quantitative estimate of drug-likeness (QED) is 0.635. The summed E-state index contributed by atoms with van der Waals surface area (Å²) in [6.45, 7) is 7.95. The van der Waals surface area contributed by atoms with Crippen LogP contribution in [-0.2, 0) is 0 Å². The molecule has 0 radical (unpaired) electrons. The van der Waals surface area contributed by atoms with Crippen LogP contribution in [0.3, 0.4) is 0 Å². The molecule has 0 heterocycles. The van der Waals surface area contributed by atoms with Crippen LogP contribution in [0.4, 0.5) is 0 Å². The molecule has 0 unspecified atom stereocenters. The van der Waals surface area contributed by atoms with E-state index in [1.807, 2.05) is 11.8 Å². The lowest BCUT2D eigenvalue weighted by atomic mass is 10.2. The summed E-state index contributed by atoms with van der Waals surface area (Å²) < 4.78 is 0.373.